The Hall–Kier alpha value is -2.70. The number of nitrogens with one attached hydrogen (secondary N) is 2. The van der Waals surface area contributed by atoms with Crippen LogP contribution in [0, 0.1) is 6.92 Å². The normalized spacial score (nSPS) is 17.1. The minimum atomic E-state index is 0.386. The molecule has 1 aromatic heterocycles. The summed E-state index contributed by atoms with van der Waals surface area (Å²) < 4.78 is 7.58. The highest BCUT2D eigenvalue weighted by Gasteiger charge is 2.21. The second-order valence-electron chi connectivity index (χ2n) is 7.77. The van der Waals surface area contributed by atoms with Gasteiger partial charge in [-0.05, 0) is 51.7 Å². The third kappa shape index (κ3) is 6.40. The quantitative estimate of drug-likeness (QED) is 0.376. The SMILES string of the molecule is CCNC(=NCCCCn1ccnc1C)NC1CCCN(c2cccc(OC)c2)C1. The number of ether oxygens (including phenoxy) is 1. The molecule has 1 saturated heterocycles. The van der Waals surface area contributed by atoms with Crippen LogP contribution >= 0.6 is 0 Å². The van der Waals surface area contributed by atoms with Gasteiger partial charge < -0.3 is 24.8 Å². The van der Waals surface area contributed by atoms with Crippen molar-refractivity contribution in [2.75, 3.05) is 38.2 Å². The molecule has 164 valence electrons. The molecule has 1 fully saturated rings. The molecule has 1 atom stereocenters. The fraction of sp³-hybridized carbons (Fsp3) is 0.565. The van der Waals surface area contributed by atoms with E-state index in [9.17, 15) is 0 Å². The van der Waals surface area contributed by atoms with Crippen molar-refractivity contribution in [3.05, 3.63) is 42.5 Å². The van der Waals surface area contributed by atoms with Crippen LogP contribution in [-0.4, -0.2) is 54.8 Å². The maximum absolute atomic E-state index is 5.39. The third-order valence-corrected chi connectivity index (χ3v) is 5.53. The number of guanidine groups is 1. The average molecular weight is 413 g/mol. The van der Waals surface area contributed by atoms with Crippen LogP contribution in [0.25, 0.3) is 0 Å². The van der Waals surface area contributed by atoms with Crippen LogP contribution in [0.3, 0.4) is 0 Å². The van der Waals surface area contributed by atoms with E-state index in [4.69, 9.17) is 9.73 Å². The lowest BCUT2D eigenvalue weighted by atomic mass is 10.0. The first-order chi connectivity index (χ1) is 14.7. The number of aromatic nitrogens is 2. The maximum atomic E-state index is 5.39. The number of imidazole rings is 1. The van der Waals surface area contributed by atoms with E-state index in [2.05, 4.69) is 50.2 Å². The molecule has 0 amide bonds. The lowest BCUT2D eigenvalue weighted by molar-refractivity contribution is 0.414. The van der Waals surface area contributed by atoms with Crippen molar-refractivity contribution in [2.24, 2.45) is 4.99 Å². The van der Waals surface area contributed by atoms with Gasteiger partial charge in [0, 0.05) is 62.9 Å². The summed E-state index contributed by atoms with van der Waals surface area (Å²) in [7, 11) is 1.72. The molecule has 7 heteroatoms. The highest BCUT2D eigenvalue weighted by molar-refractivity contribution is 5.80. The van der Waals surface area contributed by atoms with Crippen LogP contribution in [0.5, 0.6) is 5.75 Å². The first kappa shape index (κ1) is 22.0. The number of rotatable bonds is 9. The fourth-order valence-corrected chi connectivity index (χ4v) is 3.87. The molecule has 2 heterocycles. The van der Waals surface area contributed by atoms with Crippen molar-refractivity contribution in [1.29, 1.82) is 0 Å². The summed E-state index contributed by atoms with van der Waals surface area (Å²) in [5, 5.41) is 7.05. The Balaban J connectivity index is 1.49. The molecule has 1 aliphatic rings. The molecule has 1 aromatic carbocycles. The molecule has 0 spiro atoms. The maximum Gasteiger partial charge on any atom is 0.191 e. The Bertz CT molecular complexity index is 802. The summed E-state index contributed by atoms with van der Waals surface area (Å²) in [6.07, 6.45) is 8.40. The van der Waals surface area contributed by atoms with E-state index in [1.165, 1.54) is 12.1 Å². The van der Waals surface area contributed by atoms with Gasteiger partial charge in [0.25, 0.3) is 0 Å². The number of hydrogen-bond acceptors (Lipinski definition) is 4. The second-order valence-corrected chi connectivity index (χ2v) is 7.77. The van der Waals surface area contributed by atoms with Crippen molar-refractivity contribution in [3.8, 4) is 5.75 Å². The van der Waals surface area contributed by atoms with Gasteiger partial charge in [-0.1, -0.05) is 6.07 Å². The standard InChI is InChI=1S/C23H36N6O/c1-4-24-23(26-12-5-6-14-28-16-13-25-19(28)2)27-20-9-8-15-29(18-20)21-10-7-11-22(17-21)30-3/h7,10-11,13,16-17,20H,4-6,8-9,12,14-15,18H2,1-3H3,(H2,24,26,27). The Morgan fingerprint density at radius 3 is 3.00 bits per heavy atom. The van der Waals surface area contributed by atoms with E-state index in [-0.39, 0.29) is 0 Å². The van der Waals surface area contributed by atoms with Gasteiger partial charge in [0.2, 0.25) is 0 Å². The summed E-state index contributed by atoms with van der Waals surface area (Å²) >= 11 is 0. The minimum absolute atomic E-state index is 0.386. The average Bonchev–Trinajstić information content (AvgIpc) is 3.18. The zero-order chi connectivity index (χ0) is 21.2. The predicted octanol–water partition coefficient (Wildman–Crippen LogP) is 3.20. The number of piperidine rings is 1. The summed E-state index contributed by atoms with van der Waals surface area (Å²) in [5.74, 6) is 2.91. The zero-order valence-electron chi connectivity index (χ0n) is 18.6. The number of hydrogen-bond donors (Lipinski definition) is 2. The van der Waals surface area contributed by atoms with Gasteiger partial charge in [0.15, 0.2) is 5.96 Å². The molecule has 0 bridgehead atoms. The number of anilines is 1. The number of unbranched alkanes of at least 4 members (excludes halogenated alkanes) is 1. The molecule has 0 saturated carbocycles. The minimum Gasteiger partial charge on any atom is -0.497 e. The van der Waals surface area contributed by atoms with Crippen LogP contribution < -0.4 is 20.3 Å². The Morgan fingerprint density at radius 2 is 2.23 bits per heavy atom. The molecule has 30 heavy (non-hydrogen) atoms. The van der Waals surface area contributed by atoms with Crippen molar-refractivity contribution in [2.45, 2.75) is 52.1 Å². The zero-order valence-corrected chi connectivity index (χ0v) is 18.6. The Kier molecular flexibility index (Phi) is 8.41. The number of benzene rings is 1. The van der Waals surface area contributed by atoms with Gasteiger partial charge in [-0.2, -0.15) is 0 Å². The van der Waals surface area contributed by atoms with Crippen molar-refractivity contribution < 1.29 is 4.74 Å². The van der Waals surface area contributed by atoms with Crippen LogP contribution in [0.2, 0.25) is 0 Å². The molecular weight excluding hydrogens is 376 g/mol. The van der Waals surface area contributed by atoms with Gasteiger partial charge in [-0.3, -0.25) is 4.99 Å². The highest BCUT2D eigenvalue weighted by atomic mass is 16.5. The van der Waals surface area contributed by atoms with Crippen molar-refractivity contribution in [3.63, 3.8) is 0 Å². The Labute approximate surface area is 180 Å². The summed E-state index contributed by atoms with van der Waals surface area (Å²) in [6, 6.07) is 8.71. The van der Waals surface area contributed by atoms with E-state index in [1.54, 1.807) is 7.11 Å². The number of aryl methyl sites for hydroxylation is 2. The second kappa shape index (κ2) is 11.5. The van der Waals surface area contributed by atoms with Crippen molar-refractivity contribution in [1.82, 2.24) is 20.2 Å². The number of nitrogens with zero attached hydrogens (tertiary/aromatic N) is 4. The van der Waals surface area contributed by atoms with Gasteiger partial charge in [0.05, 0.1) is 7.11 Å². The molecule has 7 nitrogen and oxygen atoms in total. The van der Waals surface area contributed by atoms with Crippen LogP contribution in [0.1, 0.15) is 38.4 Å². The molecule has 3 rings (SSSR count). The van der Waals surface area contributed by atoms with Crippen molar-refractivity contribution >= 4 is 11.6 Å². The number of methoxy groups -OCH3 is 1. The lowest BCUT2D eigenvalue weighted by Gasteiger charge is -2.35. The molecule has 1 unspecified atom stereocenters. The lowest BCUT2D eigenvalue weighted by Crippen LogP contribution is -2.51. The van der Waals surface area contributed by atoms with E-state index < -0.39 is 0 Å². The van der Waals surface area contributed by atoms with Crippen LogP contribution in [-0.2, 0) is 6.54 Å². The molecule has 0 aliphatic carbocycles. The molecule has 2 N–H and O–H groups in total. The molecule has 0 radical (unpaired) electrons. The van der Waals surface area contributed by atoms with Crippen LogP contribution in [0.4, 0.5) is 5.69 Å². The summed E-state index contributed by atoms with van der Waals surface area (Å²) in [5.41, 5.74) is 1.22. The third-order valence-electron chi connectivity index (χ3n) is 5.53. The van der Waals surface area contributed by atoms with E-state index in [0.717, 1.165) is 69.5 Å². The first-order valence-electron chi connectivity index (χ1n) is 11.1. The number of aliphatic imine (C=N–C) groups is 1. The van der Waals surface area contributed by atoms with Gasteiger partial charge in [-0.15, -0.1) is 0 Å². The fourth-order valence-electron chi connectivity index (χ4n) is 3.87. The van der Waals surface area contributed by atoms with E-state index >= 15 is 0 Å². The van der Waals surface area contributed by atoms with Gasteiger partial charge >= 0.3 is 0 Å². The highest BCUT2D eigenvalue weighted by Crippen LogP contribution is 2.24. The molecule has 2 aromatic rings. The smallest absolute Gasteiger partial charge is 0.191 e. The van der Waals surface area contributed by atoms with Gasteiger partial charge in [-0.25, -0.2) is 4.98 Å². The molecular formula is C23H36N6O. The predicted molar refractivity (Wildman–Crippen MR) is 124 cm³/mol. The van der Waals surface area contributed by atoms with E-state index in [0.29, 0.717) is 6.04 Å². The van der Waals surface area contributed by atoms with Crippen LogP contribution in [0.15, 0.2) is 41.7 Å². The monoisotopic (exact) mass is 412 g/mol. The summed E-state index contributed by atoms with van der Waals surface area (Å²) in [4.78, 5) is 11.5. The topological polar surface area (TPSA) is 66.7 Å². The first-order valence-corrected chi connectivity index (χ1v) is 11.1. The largest absolute Gasteiger partial charge is 0.497 e. The van der Waals surface area contributed by atoms with E-state index in [1.807, 2.05) is 25.4 Å². The Morgan fingerprint density at radius 1 is 1.33 bits per heavy atom. The summed E-state index contributed by atoms with van der Waals surface area (Å²) in [6.45, 7) is 8.90. The van der Waals surface area contributed by atoms with Gasteiger partial charge in [0.1, 0.15) is 11.6 Å². The molecule has 1 aliphatic heterocycles.